The van der Waals surface area contributed by atoms with Crippen molar-refractivity contribution in [3.8, 4) is 0 Å². The Morgan fingerprint density at radius 2 is 1.00 bits per heavy atom. The van der Waals surface area contributed by atoms with Crippen LogP contribution in [0.4, 0.5) is 0 Å². The van der Waals surface area contributed by atoms with Crippen LogP contribution in [0.15, 0.2) is 0 Å². The third-order valence-electron chi connectivity index (χ3n) is 2.60. The highest BCUT2D eigenvalue weighted by atomic mass is 16.5. The number of hydrogen-bond acceptors (Lipinski definition) is 6. The van der Waals surface area contributed by atoms with Gasteiger partial charge in [0, 0.05) is 19.8 Å². The van der Waals surface area contributed by atoms with Crippen LogP contribution in [0, 0.1) is 0 Å². The van der Waals surface area contributed by atoms with Crippen LogP contribution in [-0.2, 0) is 23.7 Å². The first-order valence-electron chi connectivity index (χ1n) is 8.21. The molecule has 0 aliphatic rings. The fraction of sp³-hybridized carbons (Fsp3) is 1.00. The second-order valence-electron chi connectivity index (χ2n) is 5.91. The molecule has 0 saturated heterocycles. The summed E-state index contributed by atoms with van der Waals surface area (Å²) in [6.07, 6.45) is 1.99. The largest absolute Gasteiger partial charge is 0.379 e. The molecule has 134 valence electrons. The van der Waals surface area contributed by atoms with E-state index in [-0.39, 0.29) is 5.60 Å². The average Bonchev–Trinajstić information content (AvgIpc) is 2.45. The Kier molecular flexibility index (Phi) is 15.5. The Hall–Kier alpha value is -0.240. The van der Waals surface area contributed by atoms with Gasteiger partial charge < -0.3 is 29.4 Å². The second-order valence-corrected chi connectivity index (χ2v) is 5.91. The summed E-state index contributed by atoms with van der Waals surface area (Å²) in [5.41, 5.74) is 5.21. The van der Waals surface area contributed by atoms with Crippen LogP contribution in [0.3, 0.4) is 0 Å². The minimum Gasteiger partial charge on any atom is -0.379 e. The molecule has 0 rings (SSSR count). The summed E-state index contributed by atoms with van der Waals surface area (Å²) in [4.78, 5) is 0. The maximum absolute atomic E-state index is 5.55. The Morgan fingerprint density at radius 3 is 1.45 bits per heavy atom. The Labute approximate surface area is 135 Å². The molecule has 6 nitrogen and oxygen atoms in total. The second kappa shape index (κ2) is 15.6. The van der Waals surface area contributed by atoms with E-state index in [0.29, 0.717) is 52.8 Å². The zero-order valence-corrected chi connectivity index (χ0v) is 14.6. The molecule has 0 atom stereocenters. The van der Waals surface area contributed by atoms with Crippen LogP contribution in [-0.4, -0.2) is 71.6 Å². The van der Waals surface area contributed by atoms with Crippen molar-refractivity contribution in [2.75, 3.05) is 66.0 Å². The van der Waals surface area contributed by atoms with Gasteiger partial charge in [-0.15, -0.1) is 0 Å². The zero-order chi connectivity index (χ0) is 16.5. The smallest absolute Gasteiger partial charge is 0.0707 e. The lowest BCUT2D eigenvalue weighted by Gasteiger charge is -2.19. The van der Waals surface area contributed by atoms with Gasteiger partial charge in [-0.3, -0.25) is 0 Å². The summed E-state index contributed by atoms with van der Waals surface area (Å²) in [6, 6.07) is 0. The van der Waals surface area contributed by atoms with Crippen molar-refractivity contribution < 1.29 is 23.7 Å². The molecule has 6 heteroatoms. The lowest BCUT2D eigenvalue weighted by molar-refractivity contribution is -0.0427. The molecule has 0 aromatic rings. The maximum Gasteiger partial charge on any atom is 0.0707 e. The van der Waals surface area contributed by atoms with Crippen LogP contribution in [0.5, 0.6) is 0 Å². The highest BCUT2D eigenvalue weighted by Crippen LogP contribution is 2.05. The van der Waals surface area contributed by atoms with Crippen LogP contribution < -0.4 is 5.73 Å². The van der Waals surface area contributed by atoms with E-state index in [2.05, 4.69) is 0 Å². The van der Waals surface area contributed by atoms with Gasteiger partial charge in [0.25, 0.3) is 0 Å². The van der Waals surface area contributed by atoms with Crippen molar-refractivity contribution in [1.29, 1.82) is 0 Å². The summed E-state index contributed by atoms with van der Waals surface area (Å²) in [5, 5.41) is 0. The van der Waals surface area contributed by atoms with E-state index < -0.39 is 0 Å². The van der Waals surface area contributed by atoms with E-state index in [4.69, 9.17) is 29.4 Å². The Balaban J connectivity index is 3.00. The molecule has 0 amide bonds. The fourth-order valence-electron chi connectivity index (χ4n) is 1.54. The first-order valence-corrected chi connectivity index (χ1v) is 8.21. The summed E-state index contributed by atoms with van der Waals surface area (Å²) in [7, 11) is 0. The fourth-order valence-corrected chi connectivity index (χ4v) is 1.54. The SMILES string of the molecule is CC(C)(C)OCCOCCOCCCCOCCOCCN. The molecule has 0 radical (unpaired) electrons. The first kappa shape index (κ1) is 21.8. The molecule has 0 fully saturated rings. The van der Waals surface area contributed by atoms with Crippen molar-refractivity contribution in [3.63, 3.8) is 0 Å². The third kappa shape index (κ3) is 19.8. The van der Waals surface area contributed by atoms with Crippen LogP contribution in [0.1, 0.15) is 33.6 Å². The molecule has 0 aromatic carbocycles. The predicted octanol–water partition coefficient (Wildman–Crippen LogP) is 1.61. The summed E-state index contributed by atoms with van der Waals surface area (Å²) < 4.78 is 27.1. The monoisotopic (exact) mass is 321 g/mol. The molecule has 0 heterocycles. The van der Waals surface area contributed by atoms with E-state index in [9.17, 15) is 0 Å². The highest BCUT2D eigenvalue weighted by molar-refractivity contribution is 4.57. The molecule has 0 aliphatic carbocycles. The molecule has 0 aliphatic heterocycles. The highest BCUT2D eigenvalue weighted by Gasteiger charge is 2.08. The van der Waals surface area contributed by atoms with Crippen molar-refractivity contribution in [2.45, 2.75) is 39.2 Å². The quantitative estimate of drug-likeness (QED) is 0.435. The first-order chi connectivity index (χ1) is 10.6. The molecule has 22 heavy (non-hydrogen) atoms. The van der Waals surface area contributed by atoms with E-state index in [0.717, 1.165) is 26.1 Å². The van der Waals surface area contributed by atoms with Gasteiger partial charge in [-0.05, 0) is 33.6 Å². The standard InChI is InChI=1S/C16H35NO5/c1-16(2,3)22-15-14-21-13-11-19-8-5-4-7-18-10-12-20-9-6-17/h4-15,17H2,1-3H3. The molecule has 0 spiro atoms. The molecular formula is C16H35NO5. The third-order valence-corrected chi connectivity index (χ3v) is 2.60. The van der Waals surface area contributed by atoms with Gasteiger partial charge >= 0.3 is 0 Å². The van der Waals surface area contributed by atoms with Crippen molar-refractivity contribution in [1.82, 2.24) is 0 Å². The van der Waals surface area contributed by atoms with Gasteiger partial charge in [0.2, 0.25) is 0 Å². The molecule has 2 N–H and O–H groups in total. The van der Waals surface area contributed by atoms with Crippen molar-refractivity contribution in [3.05, 3.63) is 0 Å². The number of ether oxygens (including phenoxy) is 5. The van der Waals surface area contributed by atoms with Gasteiger partial charge in [0.15, 0.2) is 0 Å². The van der Waals surface area contributed by atoms with Gasteiger partial charge in [0.1, 0.15) is 0 Å². The van der Waals surface area contributed by atoms with Crippen LogP contribution in [0.25, 0.3) is 0 Å². The van der Waals surface area contributed by atoms with E-state index in [1.807, 2.05) is 20.8 Å². The van der Waals surface area contributed by atoms with Gasteiger partial charge in [-0.2, -0.15) is 0 Å². The topological polar surface area (TPSA) is 72.2 Å². The zero-order valence-electron chi connectivity index (χ0n) is 14.6. The van der Waals surface area contributed by atoms with E-state index >= 15 is 0 Å². The maximum atomic E-state index is 5.55. The summed E-state index contributed by atoms with van der Waals surface area (Å²) in [6.45, 7) is 12.5. The number of unbranched alkanes of at least 4 members (excludes halogenated alkanes) is 1. The van der Waals surface area contributed by atoms with E-state index in [1.54, 1.807) is 0 Å². The lowest BCUT2D eigenvalue weighted by atomic mass is 10.2. The van der Waals surface area contributed by atoms with Crippen LogP contribution in [0.2, 0.25) is 0 Å². The predicted molar refractivity (Wildman–Crippen MR) is 87.3 cm³/mol. The molecule has 0 unspecified atom stereocenters. The molecule has 0 saturated carbocycles. The molecule has 0 bridgehead atoms. The number of rotatable bonds is 16. The Morgan fingerprint density at radius 1 is 0.591 bits per heavy atom. The normalized spacial score (nSPS) is 12.0. The van der Waals surface area contributed by atoms with Crippen LogP contribution >= 0.6 is 0 Å². The lowest BCUT2D eigenvalue weighted by Crippen LogP contribution is -2.22. The average molecular weight is 321 g/mol. The Bertz CT molecular complexity index is 221. The summed E-state index contributed by atoms with van der Waals surface area (Å²) in [5.74, 6) is 0. The van der Waals surface area contributed by atoms with Gasteiger partial charge in [0.05, 0.1) is 51.8 Å². The number of hydrogen-bond donors (Lipinski definition) is 1. The summed E-state index contributed by atoms with van der Waals surface area (Å²) >= 11 is 0. The number of nitrogens with two attached hydrogens (primary N) is 1. The minimum absolute atomic E-state index is 0.0987. The molecule has 0 aromatic heterocycles. The van der Waals surface area contributed by atoms with Gasteiger partial charge in [-0.1, -0.05) is 0 Å². The van der Waals surface area contributed by atoms with Gasteiger partial charge in [-0.25, -0.2) is 0 Å². The van der Waals surface area contributed by atoms with Crippen molar-refractivity contribution in [2.24, 2.45) is 5.73 Å². The molecular weight excluding hydrogens is 286 g/mol. The minimum atomic E-state index is -0.0987. The van der Waals surface area contributed by atoms with E-state index in [1.165, 1.54) is 0 Å². The van der Waals surface area contributed by atoms with Crippen molar-refractivity contribution >= 4 is 0 Å².